The van der Waals surface area contributed by atoms with Crippen molar-refractivity contribution in [2.24, 2.45) is 0 Å². The molecule has 17 heavy (non-hydrogen) atoms. The molecule has 1 rings (SSSR count). The fraction of sp³-hybridized carbons (Fsp3) is 0.615. The van der Waals surface area contributed by atoms with E-state index in [1.165, 1.54) is 0 Å². The van der Waals surface area contributed by atoms with Crippen molar-refractivity contribution in [2.45, 2.75) is 39.8 Å². The molecule has 0 aromatic carbocycles. The van der Waals surface area contributed by atoms with E-state index in [0.717, 1.165) is 18.7 Å². The number of aliphatic hydroxyl groups excluding tert-OH is 1. The molecule has 0 aliphatic heterocycles. The van der Waals surface area contributed by atoms with Crippen molar-refractivity contribution < 1.29 is 9.90 Å². The standard InChI is InChI=1S/C13H22N2O2/c1-4-12(16)11-7-8-14(9-11)10-13(17)15(5-2)6-3/h7-9,12,16H,4-6,10H2,1-3H3. The molecule has 0 radical (unpaired) electrons. The van der Waals surface area contributed by atoms with Gasteiger partial charge in [0.15, 0.2) is 0 Å². The molecule has 0 fully saturated rings. The molecule has 0 spiro atoms. The van der Waals surface area contributed by atoms with E-state index in [1.807, 2.05) is 43.8 Å². The maximum absolute atomic E-state index is 11.9. The average molecular weight is 238 g/mol. The summed E-state index contributed by atoms with van der Waals surface area (Å²) in [6.07, 6.45) is 3.94. The molecular weight excluding hydrogens is 216 g/mol. The molecule has 0 saturated carbocycles. The van der Waals surface area contributed by atoms with Gasteiger partial charge in [-0.1, -0.05) is 6.92 Å². The molecule has 4 nitrogen and oxygen atoms in total. The molecule has 1 aromatic rings. The Morgan fingerprint density at radius 2 is 2.06 bits per heavy atom. The van der Waals surface area contributed by atoms with Gasteiger partial charge in [-0.3, -0.25) is 4.79 Å². The minimum atomic E-state index is -0.431. The van der Waals surface area contributed by atoms with Gasteiger partial charge in [-0.25, -0.2) is 0 Å². The molecular formula is C13H22N2O2. The van der Waals surface area contributed by atoms with Crippen LogP contribution in [0.2, 0.25) is 0 Å². The Balaban J connectivity index is 2.63. The smallest absolute Gasteiger partial charge is 0.242 e. The lowest BCUT2D eigenvalue weighted by molar-refractivity contribution is -0.131. The molecule has 0 aliphatic carbocycles. The predicted octanol–water partition coefficient (Wildman–Crippen LogP) is 1.80. The van der Waals surface area contributed by atoms with Crippen LogP contribution in [0.25, 0.3) is 0 Å². The van der Waals surface area contributed by atoms with Crippen molar-refractivity contribution in [2.75, 3.05) is 13.1 Å². The number of aromatic nitrogens is 1. The molecule has 1 unspecified atom stereocenters. The Bertz CT molecular complexity index is 356. The first-order valence-electron chi connectivity index (χ1n) is 6.23. The SMILES string of the molecule is CCC(O)c1ccn(CC(=O)N(CC)CC)c1. The highest BCUT2D eigenvalue weighted by atomic mass is 16.3. The molecule has 0 aliphatic rings. The van der Waals surface area contributed by atoms with E-state index in [4.69, 9.17) is 0 Å². The quantitative estimate of drug-likeness (QED) is 0.821. The van der Waals surface area contributed by atoms with Crippen LogP contribution < -0.4 is 0 Å². The summed E-state index contributed by atoms with van der Waals surface area (Å²) in [4.78, 5) is 13.7. The molecule has 1 heterocycles. The number of carbonyl (C=O) groups excluding carboxylic acids is 1. The summed E-state index contributed by atoms with van der Waals surface area (Å²) in [7, 11) is 0. The number of aliphatic hydroxyl groups is 1. The second-order valence-electron chi connectivity index (χ2n) is 4.11. The highest BCUT2D eigenvalue weighted by Crippen LogP contribution is 2.16. The van der Waals surface area contributed by atoms with E-state index in [2.05, 4.69) is 0 Å². The Labute approximate surface area is 103 Å². The zero-order valence-electron chi connectivity index (χ0n) is 10.9. The molecule has 4 heteroatoms. The zero-order valence-corrected chi connectivity index (χ0v) is 10.9. The van der Waals surface area contributed by atoms with E-state index in [0.29, 0.717) is 13.0 Å². The highest BCUT2D eigenvalue weighted by molar-refractivity contribution is 5.75. The summed E-state index contributed by atoms with van der Waals surface area (Å²) in [6.45, 7) is 7.70. The number of carbonyl (C=O) groups is 1. The van der Waals surface area contributed by atoms with E-state index in [9.17, 15) is 9.90 Å². The van der Waals surface area contributed by atoms with Crippen LogP contribution in [0, 0.1) is 0 Å². The molecule has 0 saturated heterocycles. The van der Waals surface area contributed by atoms with Crippen LogP contribution in [-0.4, -0.2) is 33.6 Å². The first-order chi connectivity index (χ1) is 8.12. The maximum Gasteiger partial charge on any atom is 0.242 e. The van der Waals surface area contributed by atoms with Crippen LogP contribution in [0.4, 0.5) is 0 Å². The van der Waals surface area contributed by atoms with Gasteiger partial charge in [0.2, 0.25) is 5.91 Å². The van der Waals surface area contributed by atoms with Gasteiger partial charge >= 0.3 is 0 Å². The van der Waals surface area contributed by atoms with Crippen molar-refractivity contribution in [1.29, 1.82) is 0 Å². The predicted molar refractivity (Wildman–Crippen MR) is 67.6 cm³/mol. The number of hydrogen-bond acceptors (Lipinski definition) is 2. The molecule has 1 amide bonds. The Hall–Kier alpha value is -1.29. The third-order valence-corrected chi connectivity index (χ3v) is 2.98. The van der Waals surface area contributed by atoms with Gasteiger partial charge in [0.25, 0.3) is 0 Å². The van der Waals surface area contributed by atoms with Gasteiger partial charge in [-0.15, -0.1) is 0 Å². The van der Waals surface area contributed by atoms with Gasteiger partial charge in [0.05, 0.1) is 6.10 Å². The maximum atomic E-state index is 11.9. The third-order valence-electron chi connectivity index (χ3n) is 2.98. The lowest BCUT2D eigenvalue weighted by atomic mass is 10.1. The third kappa shape index (κ3) is 3.60. The van der Waals surface area contributed by atoms with E-state index >= 15 is 0 Å². The summed E-state index contributed by atoms with van der Waals surface area (Å²) in [6, 6.07) is 1.86. The van der Waals surface area contributed by atoms with Crippen LogP contribution in [0.1, 0.15) is 38.9 Å². The zero-order chi connectivity index (χ0) is 12.8. The van der Waals surface area contributed by atoms with Crippen LogP contribution in [0.3, 0.4) is 0 Å². The summed E-state index contributed by atoms with van der Waals surface area (Å²) in [5.41, 5.74) is 0.875. The van der Waals surface area contributed by atoms with Crippen LogP contribution >= 0.6 is 0 Å². The second kappa shape index (κ2) is 6.45. The minimum Gasteiger partial charge on any atom is -0.388 e. The molecule has 1 N–H and O–H groups in total. The largest absolute Gasteiger partial charge is 0.388 e. The van der Waals surface area contributed by atoms with Crippen molar-refractivity contribution in [3.8, 4) is 0 Å². The fourth-order valence-electron chi connectivity index (χ4n) is 1.82. The van der Waals surface area contributed by atoms with Gasteiger partial charge in [0, 0.05) is 25.5 Å². The Morgan fingerprint density at radius 1 is 1.41 bits per heavy atom. The summed E-state index contributed by atoms with van der Waals surface area (Å²) in [5.74, 6) is 0.114. The van der Waals surface area contributed by atoms with Gasteiger partial charge < -0.3 is 14.6 Å². The lowest BCUT2D eigenvalue weighted by Gasteiger charge is -2.18. The first kappa shape index (κ1) is 13.8. The molecule has 1 atom stereocenters. The molecule has 1 aromatic heterocycles. The molecule has 0 bridgehead atoms. The Morgan fingerprint density at radius 3 is 2.59 bits per heavy atom. The van der Waals surface area contributed by atoms with E-state index < -0.39 is 6.10 Å². The number of likely N-dealkylation sites (N-methyl/N-ethyl adjacent to an activating group) is 1. The number of nitrogens with zero attached hydrogens (tertiary/aromatic N) is 2. The number of amides is 1. The van der Waals surface area contributed by atoms with Crippen LogP contribution in [0.15, 0.2) is 18.5 Å². The molecule has 96 valence electrons. The summed E-state index contributed by atoms with van der Waals surface area (Å²) < 4.78 is 1.83. The highest BCUT2D eigenvalue weighted by Gasteiger charge is 2.11. The average Bonchev–Trinajstić information content (AvgIpc) is 2.78. The van der Waals surface area contributed by atoms with Crippen molar-refractivity contribution in [3.63, 3.8) is 0 Å². The monoisotopic (exact) mass is 238 g/mol. The number of hydrogen-bond donors (Lipinski definition) is 1. The fourth-order valence-corrected chi connectivity index (χ4v) is 1.82. The van der Waals surface area contributed by atoms with Gasteiger partial charge in [-0.05, 0) is 31.9 Å². The summed E-state index contributed by atoms with van der Waals surface area (Å²) in [5, 5.41) is 9.67. The van der Waals surface area contributed by atoms with E-state index in [-0.39, 0.29) is 5.91 Å². The van der Waals surface area contributed by atoms with Crippen LogP contribution in [0.5, 0.6) is 0 Å². The van der Waals surface area contributed by atoms with Crippen molar-refractivity contribution >= 4 is 5.91 Å². The first-order valence-corrected chi connectivity index (χ1v) is 6.23. The van der Waals surface area contributed by atoms with Crippen LogP contribution in [-0.2, 0) is 11.3 Å². The normalized spacial score (nSPS) is 12.5. The topological polar surface area (TPSA) is 45.5 Å². The van der Waals surface area contributed by atoms with Crippen molar-refractivity contribution in [3.05, 3.63) is 24.0 Å². The Kier molecular flexibility index (Phi) is 5.22. The number of rotatable bonds is 6. The van der Waals surface area contributed by atoms with Gasteiger partial charge in [-0.2, -0.15) is 0 Å². The minimum absolute atomic E-state index is 0.114. The van der Waals surface area contributed by atoms with Gasteiger partial charge in [0.1, 0.15) is 6.54 Å². The van der Waals surface area contributed by atoms with Crippen molar-refractivity contribution in [1.82, 2.24) is 9.47 Å². The second-order valence-corrected chi connectivity index (χ2v) is 4.11. The van der Waals surface area contributed by atoms with E-state index in [1.54, 1.807) is 4.90 Å². The lowest BCUT2D eigenvalue weighted by Crippen LogP contribution is -2.33. The summed E-state index contributed by atoms with van der Waals surface area (Å²) >= 11 is 0.